The molecule has 1 saturated heterocycles. The smallest absolute Gasteiger partial charge is 0.293 e. The highest BCUT2D eigenvalue weighted by Gasteiger charge is 2.34. The van der Waals surface area contributed by atoms with E-state index in [1.54, 1.807) is 12.1 Å². The molecule has 2 aromatic rings. The van der Waals surface area contributed by atoms with E-state index >= 15 is 0 Å². The molecule has 1 amide bonds. The van der Waals surface area contributed by atoms with Gasteiger partial charge in [-0.2, -0.15) is 0 Å². The Bertz CT molecular complexity index is 930. The first-order chi connectivity index (χ1) is 13.6. The molecule has 4 rings (SSSR count). The number of nitro benzene ring substituents is 1. The maximum atomic E-state index is 11.9. The predicted octanol–water partition coefficient (Wildman–Crippen LogP) is 3.07. The van der Waals surface area contributed by atoms with Crippen molar-refractivity contribution in [1.82, 2.24) is 5.32 Å². The van der Waals surface area contributed by atoms with E-state index in [4.69, 9.17) is 9.47 Å². The van der Waals surface area contributed by atoms with Crippen molar-refractivity contribution in [2.45, 2.75) is 18.9 Å². The number of carbonyl (C=O) groups excluding carboxylic acids is 1. The van der Waals surface area contributed by atoms with Crippen LogP contribution < -0.4 is 19.7 Å². The van der Waals surface area contributed by atoms with E-state index in [0.29, 0.717) is 31.2 Å². The van der Waals surface area contributed by atoms with Crippen molar-refractivity contribution in [3.63, 3.8) is 0 Å². The summed E-state index contributed by atoms with van der Waals surface area (Å²) in [6.07, 6.45) is 1.76. The second-order valence-corrected chi connectivity index (χ2v) is 6.76. The SMILES string of the molecule is CNC(=O)c1ccc(N2CCCC2c2cccc3c2OCCO3)c([N+](=O)[O-])c1. The Labute approximate surface area is 162 Å². The molecule has 8 nitrogen and oxygen atoms in total. The first-order valence-electron chi connectivity index (χ1n) is 9.26. The van der Waals surface area contributed by atoms with E-state index in [1.807, 2.05) is 23.1 Å². The number of hydrogen-bond donors (Lipinski definition) is 1. The van der Waals surface area contributed by atoms with Gasteiger partial charge in [-0.15, -0.1) is 0 Å². The highest BCUT2D eigenvalue weighted by molar-refractivity contribution is 5.95. The lowest BCUT2D eigenvalue weighted by atomic mass is 10.0. The summed E-state index contributed by atoms with van der Waals surface area (Å²) in [4.78, 5) is 25.2. The minimum atomic E-state index is -0.433. The standard InChI is InChI=1S/C20H21N3O5/c1-21-20(24)13-7-8-16(17(12-13)23(25)26)22-9-3-5-15(22)14-4-2-6-18-19(14)28-11-10-27-18/h2,4,6-8,12,15H,3,5,9-11H2,1H3,(H,21,24). The van der Waals surface area contributed by atoms with Crippen molar-refractivity contribution in [2.24, 2.45) is 0 Å². The number of benzene rings is 2. The van der Waals surface area contributed by atoms with Crippen molar-refractivity contribution < 1.29 is 19.2 Å². The molecule has 0 aliphatic carbocycles. The molecule has 0 radical (unpaired) electrons. The van der Waals surface area contributed by atoms with Crippen LogP contribution >= 0.6 is 0 Å². The summed E-state index contributed by atoms with van der Waals surface area (Å²) in [5.41, 5.74) is 1.67. The molecule has 0 spiro atoms. The number of nitro groups is 1. The number of hydrogen-bond acceptors (Lipinski definition) is 6. The second-order valence-electron chi connectivity index (χ2n) is 6.76. The Balaban J connectivity index is 1.75. The second kappa shape index (κ2) is 7.38. The third kappa shape index (κ3) is 3.11. The lowest BCUT2D eigenvalue weighted by molar-refractivity contribution is -0.384. The van der Waals surface area contributed by atoms with Crippen LogP contribution in [0.25, 0.3) is 0 Å². The molecule has 1 atom stereocenters. The van der Waals surface area contributed by atoms with Gasteiger partial charge in [0, 0.05) is 30.8 Å². The Morgan fingerprint density at radius 3 is 2.86 bits per heavy atom. The zero-order valence-corrected chi connectivity index (χ0v) is 15.5. The van der Waals surface area contributed by atoms with E-state index in [9.17, 15) is 14.9 Å². The fraction of sp³-hybridized carbons (Fsp3) is 0.350. The molecule has 2 heterocycles. The monoisotopic (exact) mass is 383 g/mol. The van der Waals surface area contributed by atoms with Gasteiger partial charge >= 0.3 is 0 Å². The summed E-state index contributed by atoms with van der Waals surface area (Å²) in [5.74, 6) is 1.07. The highest BCUT2D eigenvalue weighted by atomic mass is 16.6. The van der Waals surface area contributed by atoms with Crippen molar-refractivity contribution in [3.8, 4) is 11.5 Å². The summed E-state index contributed by atoms with van der Waals surface area (Å²) in [7, 11) is 1.50. The van der Waals surface area contributed by atoms with Crippen LogP contribution in [0, 0.1) is 10.1 Å². The molecule has 1 fully saturated rings. The first-order valence-corrected chi connectivity index (χ1v) is 9.26. The van der Waals surface area contributed by atoms with E-state index in [1.165, 1.54) is 13.1 Å². The van der Waals surface area contributed by atoms with Crippen LogP contribution in [0.5, 0.6) is 11.5 Å². The summed E-state index contributed by atoms with van der Waals surface area (Å²) in [6.45, 7) is 1.68. The van der Waals surface area contributed by atoms with Gasteiger partial charge in [0.1, 0.15) is 18.9 Å². The molecule has 146 valence electrons. The van der Waals surface area contributed by atoms with Crippen LogP contribution in [0.2, 0.25) is 0 Å². The molecular weight excluding hydrogens is 362 g/mol. The molecular formula is C20H21N3O5. The first kappa shape index (κ1) is 18.1. The van der Waals surface area contributed by atoms with Gasteiger partial charge in [-0.25, -0.2) is 0 Å². The zero-order chi connectivity index (χ0) is 19.7. The maximum absolute atomic E-state index is 11.9. The molecule has 0 bridgehead atoms. The molecule has 2 aliphatic rings. The average Bonchev–Trinajstić information content (AvgIpc) is 3.21. The fourth-order valence-electron chi connectivity index (χ4n) is 3.94. The van der Waals surface area contributed by atoms with Gasteiger partial charge in [0.05, 0.1) is 11.0 Å². The quantitative estimate of drug-likeness (QED) is 0.644. The van der Waals surface area contributed by atoms with E-state index in [0.717, 1.165) is 24.2 Å². The van der Waals surface area contributed by atoms with Crippen molar-refractivity contribution in [2.75, 3.05) is 31.7 Å². The Morgan fingerprint density at radius 1 is 1.25 bits per heavy atom. The molecule has 2 aromatic carbocycles. The molecule has 8 heteroatoms. The number of ether oxygens (including phenoxy) is 2. The van der Waals surface area contributed by atoms with Gasteiger partial charge in [-0.05, 0) is 31.0 Å². The van der Waals surface area contributed by atoms with Crippen LogP contribution in [0.4, 0.5) is 11.4 Å². The molecule has 28 heavy (non-hydrogen) atoms. The minimum Gasteiger partial charge on any atom is -0.486 e. The highest BCUT2D eigenvalue weighted by Crippen LogP contribution is 2.46. The van der Waals surface area contributed by atoms with E-state index in [2.05, 4.69) is 5.32 Å². The van der Waals surface area contributed by atoms with Crippen molar-refractivity contribution in [3.05, 3.63) is 57.6 Å². The van der Waals surface area contributed by atoms with E-state index < -0.39 is 4.92 Å². The summed E-state index contributed by atoms with van der Waals surface area (Å²) in [5, 5.41) is 14.2. The number of anilines is 1. The molecule has 1 N–H and O–H groups in total. The van der Waals surface area contributed by atoms with Gasteiger partial charge in [0.25, 0.3) is 11.6 Å². The topological polar surface area (TPSA) is 93.9 Å². The third-order valence-corrected chi connectivity index (χ3v) is 5.18. The normalized spacial score (nSPS) is 18.0. The minimum absolute atomic E-state index is 0.0544. The third-order valence-electron chi connectivity index (χ3n) is 5.18. The molecule has 1 unspecified atom stereocenters. The van der Waals surface area contributed by atoms with Crippen LogP contribution in [-0.2, 0) is 0 Å². The van der Waals surface area contributed by atoms with E-state index in [-0.39, 0.29) is 23.2 Å². The Morgan fingerprint density at radius 2 is 2.07 bits per heavy atom. The van der Waals surface area contributed by atoms with Crippen LogP contribution in [0.3, 0.4) is 0 Å². The molecule has 0 aromatic heterocycles. The van der Waals surface area contributed by atoms with Gasteiger partial charge in [-0.1, -0.05) is 12.1 Å². The fourth-order valence-corrected chi connectivity index (χ4v) is 3.94. The molecule has 0 saturated carbocycles. The Kier molecular flexibility index (Phi) is 4.77. The van der Waals surface area contributed by atoms with Crippen LogP contribution in [0.1, 0.15) is 34.8 Å². The number of para-hydroxylation sites is 1. The van der Waals surface area contributed by atoms with Gasteiger partial charge < -0.3 is 19.7 Å². The lowest BCUT2D eigenvalue weighted by Gasteiger charge is -2.30. The largest absolute Gasteiger partial charge is 0.486 e. The number of nitrogens with zero attached hydrogens (tertiary/aromatic N) is 2. The maximum Gasteiger partial charge on any atom is 0.293 e. The summed E-state index contributed by atoms with van der Waals surface area (Å²) in [6, 6.07) is 10.3. The Hall–Kier alpha value is -3.29. The lowest BCUT2D eigenvalue weighted by Crippen LogP contribution is -2.26. The number of fused-ring (bicyclic) bond motifs is 1. The van der Waals surface area contributed by atoms with Gasteiger partial charge in [0.2, 0.25) is 0 Å². The summed E-state index contributed by atoms with van der Waals surface area (Å²) < 4.78 is 11.5. The molecule has 2 aliphatic heterocycles. The number of nitrogens with one attached hydrogen (secondary N) is 1. The van der Waals surface area contributed by atoms with Crippen molar-refractivity contribution >= 4 is 17.3 Å². The zero-order valence-electron chi connectivity index (χ0n) is 15.5. The number of rotatable bonds is 4. The predicted molar refractivity (Wildman–Crippen MR) is 103 cm³/mol. The van der Waals surface area contributed by atoms with Crippen LogP contribution in [-0.4, -0.2) is 37.6 Å². The number of amides is 1. The van der Waals surface area contributed by atoms with Gasteiger partial charge in [-0.3, -0.25) is 14.9 Å². The number of carbonyl (C=O) groups is 1. The van der Waals surface area contributed by atoms with Crippen molar-refractivity contribution in [1.29, 1.82) is 0 Å². The van der Waals surface area contributed by atoms with Gasteiger partial charge in [0.15, 0.2) is 11.5 Å². The average molecular weight is 383 g/mol. The van der Waals surface area contributed by atoms with Crippen LogP contribution in [0.15, 0.2) is 36.4 Å². The summed E-state index contributed by atoms with van der Waals surface area (Å²) >= 11 is 0.